The molecular formula is C12H21NO2. The second-order valence-electron chi connectivity index (χ2n) is 5.31. The van der Waals surface area contributed by atoms with Gasteiger partial charge in [0, 0.05) is 19.6 Å². The van der Waals surface area contributed by atoms with Crippen LogP contribution in [-0.2, 0) is 4.79 Å². The first-order valence-electron chi connectivity index (χ1n) is 6.12. The zero-order valence-electron chi connectivity index (χ0n) is 9.48. The summed E-state index contributed by atoms with van der Waals surface area (Å²) in [4.78, 5) is 13.5. The van der Waals surface area contributed by atoms with E-state index in [-0.39, 0.29) is 5.92 Å². The molecule has 15 heavy (non-hydrogen) atoms. The number of aliphatic carboxylic acids is 1. The van der Waals surface area contributed by atoms with Crippen molar-refractivity contribution in [2.45, 2.75) is 32.6 Å². The highest BCUT2D eigenvalue weighted by atomic mass is 16.4. The molecule has 0 bridgehead atoms. The SMILES string of the molecule is CC1CN(CC2CCCCC2C(=O)O)C1. The van der Waals surface area contributed by atoms with E-state index in [0.717, 1.165) is 31.7 Å². The summed E-state index contributed by atoms with van der Waals surface area (Å²) in [6.45, 7) is 5.61. The van der Waals surface area contributed by atoms with E-state index in [9.17, 15) is 4.79 Å². The Morgan fingerprint density at radius 1 is 1.33 bits per heavy atom. The summed E-state index contributed by atoms with van der Waals surface area (Å²) < 4.78 is 0. The predicted molar refractivity (Wildman–Crippen MR) is 58.7 cm³/mol. The van der Waals surface area contributed by atoms with Crippen molar-refractivity contribution in [3.63, 3.8) is 0 Å². The maximum atomic E-state index is 11.1. The zero-order chi connectivity index (χ0) is 10.8. The molecule has 2 aliphatic rings. The number of carboxylic acids is 1. The monoisotopic (exact) mass is 211 g/mol. The van der Waals surface area contributed by atoms with Gasteiger partial charge in [0.1, 0.15) is 0 Å². The first-order valence-corrected chi connectivity index (χ1v) is 6.12. The van der Waals surface area contributed by atoms with Gasteiger partial charge in [-0.25, -0.2) is 0 Å². The molecule has 3 heteroatoms. The Hall–Kier alpha value is -0.570. The van der Waals surface area contributed by atoms with Crippen LogP contribution in [0.1, 0.15) is 32.6 Å². The average Bonchev–Trinajstić information content (AvgIpc) is 2.16. The van der Waals surface area contributed by atoms with Crippen molar-refractivity contribution in [3.8, 4) is 0 Å². The molecule has 2 fully saturated rings. The van der Waals surface area contributed by atoms with Gasteiger partial charge >= 0.3 is 5.97 Å². The van der Waals surface area contributed by atoms with Crippen LogP contribution in [0.25, 0.3) is 0 Å². The molecule has 1 aliphatic heterocycles. The van der Waals surface area contributed by atoms with Gasteiger partial charge in [-0.3, -0.25) is 4.79 Å². The second-order valence-corrected chi connectivity index (χ2v) is 5.31. The van der Waals surface area contributed by atoms with Crippen molar-refractivity contribution in [2.24, 2.45) is 17.8 Å². The lowest BCUT2D eigenvalue weighted by molar-refractivity contribution is -0.145. The highest BCUT2D eigenvalue weighted by Gasteiger charge is 2.34. The Labute approximate surface area is 91.5 Å². The molecule has 0 aromatic heterocycles. The average molecular weight is 211 g/mol. The van der Waals surface area contributed by atoms with Crippen LogP contribution in [0.2, 0.25) is 0 Å². The van der Waals surface area contributed by atoms with E-state index in [1.165, 1.54) is 19.5 Å². The molecule has 0 radical (unpaired) electrons. The summed E-state index contributed by atoms with van der Waals surface area (Å²) in [7, 11) is 0. The lowest BCUT2D eigenvalue weighted by Crippen LogP contribution is -2.49. The summed E-state index contributed by atoms with van der Waals surface area (Å²) >= 11 is 0. The number of likely N-dealkylation sites (tertiary alicyclic amines) is 1. The molecule has 0 amide bonds. The fourth-order valence-electron chi connectivity index (χ4n) is 3.06. The number of carbonyl (C=O) groups is 1. The Morgan fingerprint density at radius 3 is 2.60 bits per heavy atom. The predicted octanol–water partition coefficient (Wildman–Crippen LogP) is 1.83. The van der Waals surface area contributed by atoms with Crippen LogP contribution in [-0.4, -0.2) is 35.6 Å². The highest BCUT2D eigenvalue weighted by Crippen LogP contribution is 2.32. The molecule has 2 atom stereocenters. The lowest BCUT2D eigenvalue weighted by atomic mass is 9.78. The standard InChI is InChI=1S/C12H21NO2/c1-9-6-13(7-9)8-10-4-2-3-5-11(10)12(14)15/h9-11H,2-8H2,1H3,(H,14,15). The fourth-order valence-corrected chi connectivity index (χ4v) is 3.06. The van der Waals surface area contributed by atoms with Gasteiger partial charge in [-0.15, -0.1) is 0 Å². The molecule has 1 aliphatic carbocycles. The molecule has 0 spiro atoms. The largest absolute Gasteiger partial charge is 0.481 e. The third-order valence-corrected chi connectivity index (χ3v) is 3.86. The Morgan fingerprint density at radius 2 is 2.00 bits per heavy atom. The van der Waals surface area contributed by atoms with E-state index >= 15 is 0 Å². The normalized spacial score (nSPS) is 33.7. The van der Waals surface area contributed by atoms with Crippen LogP contribution in [0, 0.1) is 17.8 Å². The summed E-state index contributed by atoms with van der Waals surface area (Å²) in [6.07, 6.45) is 4.33. The van der Waals surface area contributed by atoms with Crippen molar-refractivity contribution in [3.05, 3.63) is 0 Å². The fraction of sp³-hybridized carbons (Fsp3) is 0.917. The van der Waals surface area contributed by atoms with Crippen LogP contribution < -0.4 is 0 Å². The van der Waals surface area contributed by atoms with Crippen LogP contribution in [0.4, 0.5) is 0 Å². The lowest BCUT2D eigenvalue weighted by Gasteiger charge is -2.41. The van der Waals surface area contributed by atoms with E-state index in [0.29, 0.717) is 5.92 Å². The van der Waals surface area contributed by atoms with Gasteiger partial charge in [0.25, 0.3) is 0 Å². The molecule has 1 saturated carbocycles. The van der Waals surface area contributed by atoms with Gasteiger partial charge in [-0.2, -0.15) is 0 Å². The van der Waals surface area contributed by atoms with Gasteiger partial charge < -0.3 is 10.0 Å². The van der Waals surface area contributed by atoms with Gasteiger partial charge in [0.2, 0.25) is 0 Å². The number of hydrogen-bond donors (Lipinski definition) is 1. The third kappa shape index (κ3) is 2.51. The van der Waals surface area contributed by atoms with Gasteiger partial charge in [0.15, 0.2) is 0 Å². The molecule has 0 aromatic carbocycles. The first-order chi connectivity index (χ1) is 7.16. The Bertz CT molecular complexity index is 236. The summed E-state index contributed by atoms with van der Waals surface area (Å²) in [5, 5.41) is 9.15. The van der Waals surface area contributed by atoms with Gasteiger partial charge in [-0.1, -0.05) is 19.8 Å². The number of rotatable bonds is 3. The van der Waals surface area contributed by atoms with Gasteiger partial charge in [-0.05, 0) is 24.7 Å². The Balaban J connectivity index is 1.85. The minimum Gasteiger partial charge on any atom is -0.481 e. The van der Waals surface area contributed by atoms with E-state index in [1.807, 2.05) is 0 Å². The number of carboxylic acid groups (broad SMARTS) is 1. The molecule has 1 N–H and O–H groups in total. The molecule has 1 heterocycles. The van der Waals surface area contributed by atoms with Crippen LogP contribution in [0.5, 0.6) is 0 Å². The van der Waals surface area contributed by atoms with Gasteiger partial charge in [0.05, 0.1) is 5.92 Å². The molecule has 2 rings (SSSR count). The van der Waals surface area contributed by atoms with Crippen molar-refractivity contribution < 1.29 is 9.90 Å². The van der Waals surface area contributed by atoms with Crippen molar-refractivity contribution in [1.29, 1.82) is 0 Å². The first kappa shape index (κ1) is 10.9. The Kier molecular flexibility index (Phi) is 3.29. The molecule has 1 saturated heterocycles. The topological polar surface area (TPSA) is 40.5 Å². The minimum absolute atomic E-state index is 0.0744. The second kappa shape index (κ2) is 4.52. The number of nitrogens with zero attached hydrogens (tertiary/aromatic N) is 1. The smallest absolute Gasteiger partial charge is 0.306 e. The van der Waals surface area contributed by atoms with Crippen molar-refractivity contribution in [1.82, 2.24) is 4.90 Å². The summed E-state index contributed by atoms with van der Waals surface area (Å²) in [6, 6.07) is 0. The minimum atomic E-state index is -0.576. The van der Waals surface area contributed by atoms with Crippen molar-refractivity contribution in [2.75, 3.05) is 19.6 Å². The van der Waals surface area contributed by atoms with Crippen LogP contribution >= 0.6 is 0 Å². The molecule has 3 nitrogen and oxygen atoms in total. The van der Waals surface area contributed by atoms with E-state index in [1.54, 1.807) is 0 Å². The molecule has 0 aromatic rings. The molecule has 2 unspecified atom stereocenters. The third-order valence-electron chi connectivity index (χ3n) is 3.86. The quantitative estimate of drug-likeness (QED) is 0.774. The zero-order valence-corrected chi connectivity index (χ0v) is 9.48. The molecular weight excluding hydrogens is 190 g/mol. The van der Waals surface area contributed by atoms with E-state index < -0.39 is 5.97 Å². The maximum absolute atomic E-state index is 11.1. The highest BCUT2D eigenvalue weighted by molar-refractivity contribution is 5.70. The molecule has 86 valence electrons. The summed E-state index contributed by atoms with van der Waals surface area (Å²) in [5.41, 5.74) is 0. The van der Waals surface area contributed by atoms with Crippen LogP contribution in [0.15, 0.2) is 0 Å². The summed E-state index contributed by atoms with van der Waals surface area (Å²) in [5.74, 6) is 0.573. The van der Waals surface area contributed by atoms with E-state index in [2.05, 4.69) is 11.8 Å². The van der Waals surface area contributed by atoms with Crippen molar-refractivity contribution >= 4 is 5.97 Å². The van der Waals surface area contributed by atoms with Crippen LogP contribution in [0.3, 0.4) is 0 Å². The maximum Gasteiger partial charge on any atom is 0.306 e. The van der Waals surface area contributed by atoms with E-state index in [4.69, 9.17) is 5.11 Å². The number of hydrogen-bond acceptors (Lipinski definition) is 2.